The van der Waals surface area contributed by atoms with Gasteiger partial charge in [0.05, 0.1) is 6.61 Å². The number of esters is 1. The molecule has 0 saturated carbocycles. The highest BCUT2D eigenvalue weighted by atomic mass is 79.9. The van der Waals surface area contributed by atoms with E-state index < -0.39 is 5.63 Å². The normalized spacial score (nSPS) is 10.8. The lowest BCUT2D eigenvalue weighted by atomic mass is 10.0. The highest BCUT2D eigenvalue weighted by Gasteiger charge is 2.14. The van der Waals surface area contributed by atoms with Gasteiger partial charge in [-0.15, -0.1) is 0 Å². The van der Waals surface area contributed by atoms with Gasteiger partial charge in [-0.25, -0.2) is 4.79 Å². The number of benzene rings is 2. The fourth-order valence-electron chi connectivity index (χ4n) is 3.08. The Morgan fingerprint density at radius 3 is 2.53 bits per heavy atom. The van der Waals surface area contributed by atoms with Gasteiger partial charge in [-0.3, -0.25) is 9.59 Å². The number of ketones is 1. The summed E-state index contributed by atoms with van der Waals surface area (Å²) in [4.78, 5) is 36.3. The first kappa shape index (κ1) is 21.8. The number of rotatable bonds is 8. The van der Waals surface area contributed by atoms with Crippen LogP contribution in [0.2, 0.25) is 0 Å². The average Bonchev–Trinajstić information content (AvgIpc) is 2.72. The first-order valence-electron chi connectivity index (χ1n) is 9.52. The lowest BCUT2D eigenvalue weighted by Crippen LogP contribution is -2.14. The van der Waals surface area contributed by atoms with Crippen molar-refractivity contribution in [3.05, 3.63) is 74.0 Å². The number of hydrogen-bond acceptors (Lipinski definition) is 6. The molecule has 0 radical (unpaired) electrons. The van der Waals surface area contributed by atoms with Gasteiger partial charge in [-0.2, -0.15) is 0 Å². The lowest BCUT2D eigenvalue weighted by molar-refractivity contribution is -0.143. The Labute approximate surface area is 181 Å². The van der Waals surface area contributed by atoms with Crippen LogP contribution < -0.4 is 10.4 Å². The largest absolute Gasteiger partial charge is 0.485 e. The number of Topliss-reactive ketones (excluding diaryl/α,β-unsaturated/α-hetero) is 1. The summed E-state index contributed by atoms with van der Waals surface area (Å²) in [6.45, 7) is 3.72. The van der Waals surface area contributed by atoms with Crippen molar-refractivity contribution >= 4 is 38.7 Å². The van der Waals surface area contributed by atoms with Gasteiger partial charge in [0.2, 0.25) is 0 Å². The lowest BCUT2D eigenvalue weighted by Gasteiger charge is -2.10. The van der Waals surface area contributed by atoms with Gasteiger partial charge in [0, 0.05) is 33.5 Å². The van der Waals surface area contributed by atoms with E-state index in [0.29, 0.717) is 29.1 Å². The van der Waals surface area contributed by atoms with E-state index in [9.17, 15) is 14.4 Å². The molecule has 1 aromatic heterocycles. The van der Waals surface area contributed by atoms with Crippen LogP contribution in [-0.4, -0.2) is 25.0 Å². The molecule has 6 nitrogen and oxygen atoms in total. The zero-order valence-electron chi connectivity index (χ0n) is 16.7. The number of carbonyl (C=O) groups is 2. The molecule has 0 saturated heterocycles. The van der Waals surface area contributed by atoms with E-state index in [0.717, 1.165) is 15.4 Å². The van der Waals surface area contributed by atoms with E-state index >= 15 is 0 Å². The van der Waals surface area contributed by atoms with E-state index in [4.69, 9.17) is 13.9 Å². The molecule has 1 heterocycles. The predicted octanol–water partition coefficient (Wildman–Crippen LogP) is 4.62. The van der Waals surface area contributed by atoms with Crippen LogP contribution in [0.15, 0.2) is 56.1 Å². The Balaban J connectivity index is 1.75. The molecule has 0 bridgehead atoms. The summed E-state index contributed by atoms with van der Waals surface area (Å²) in [5, 5.41) is 0.750. The minimum atomic E-state index is -0.493. The molecule has 3 aromatic rings. The molecule has 0 aliphatic carbocycles. The summed E-state index contributed by atoms with van der Waals surface area (Å²) in [6.07, 6.45) is 0.368. The maximum absolute atomic E-state index is 12.4. The zero-order valence-corrected chi connectivity index (χ0v) is 18.3. The van der Waals surface area contributed by atoms with Gasteiger partial charge < -0.3 is 13.9 Å². The minimum absolute atomic E-state index is 0.115. The Hall–Kier alpha value is -2.93. The molecule has 0 unspecified atom stereocenters. The number of fused-ring (bicyclic) bond motifs is 1. The average molecular weight is 473 g/mol. The smallest absolute Gasteiger partial charge is 0.339 e. The standard InChI is InChI=1S/C23H21BrO6/c1-3-28-22(26)11-10-19-14(2)18-9-8-17(12-21(18)30-23(19)27)29-13-20(25)15-4-6-16(24)7-5-15/h4-9,12H,3,10-11,13H2,1-2H3. The van der Waals surface area contributed by atoms with E-state index in [1.165, 1.54) is 0 Å². The molecule has 0 aliphatic heterocycles. The SMILES string of the molecule is CCOC(=O)CCc1c(C)c2ccc(OCC(=O)c3ccc(Br)cc3)cc2oc1=O. The molecule has 0 atom stereocenters. The molecule has 0 amide bonds. The molecule has 0 fully saturated rings. The summed E-state index contributed by atoms with van der Waals surface area (Å²) >= 11 is 3.33. The molecular weight excluding hydrogens is 452 g/mol. The number of aryl methyl sites for hydroxylation is 1. The van der Waals surface area contributed by atoms with Gasteiger partial charge in [0.25, 0.3) is 0 Å². The van der Waals surface area contributed by atoms with Crippen LogP contribution in [0.5, 0.6) is 5.75 Å². The van der Waals surface area contributed by atoms with Crippen molar-refractivity contribution in [2.24, 2.45) is 0 Å². The van der Waals surface area contributed by atoms with Gasteiger partial charge in [0.1, 0.15) is 11.3 Å². The molecule has 30 heavy (non-hydrogen) atoms. The Kier molecular flexibility index (Phi) is 7.05. The summed E-state index contributed by atoms with van der Waals surface area (Å²) in [5.74, 6) is -0.0834. The monoisotopic (exact) mass is 472 g/mol. The molecule has 0 aliphatic rings. The van der Waals surface area contributed by atoms with Crippen molar-refractivity contribution in [2.45, 2.75) is 26.7 Å². The maximum Gasteiger partial charge on any atom is 0.339 e. The third-order valence-corrected chi connectivity index (χ3v) is 5.21. The fourth-order valence-corrected chi connectivity index (χ4v) is 3.35. The van der Waals surface area contributed by atoms with Gasteiger partial charge in [-0.1, -0.05) is 28.1 Å². The van der Waals surface area contributed by atoms with Gasteiger partial charge >= 0.3 is 11.6 Å². The first-order valence-corrected chi connectivity index (χ1v) is 10.3. The van der Waals surface area contributed by atoms with Crippen LogP contribution in [0.3, 0.4) is 0 Å². The van der Waals surface area contributed by atoms with Crippen molar-refractivity contribution in [1.82, 2.24) is 0 Å². The van der Waals surface area contributed by atoms with E-state index in [2.05, 4.69) is 15.9 Å². The van der Waals surface area contributed by atoms with Crippen LogP contribution in [0.4, 0.5) is 0 Å². The predicted molar refractivity (Wildman–Crippen MR) is 116 cm³/mol. The van der Waals surface area contributed by atoms with E-state index in [1.54, 1.807) is 49.4 Å². The number of halogens is 1. The molecule has 156 valence electrons. The Morgan fingerprint density at radius 2 is 1.83 bits per heavy atom. The molecule has 0 spiro atoms. The number of hydrogen-bond donors (Lipinski definition) is 0. The molecular formula is C23H21BrO6. The second kappa shape index (κ2) is 9.71. The van der Waals surface area contributed by atoms with E-state index in [-0.39, 0.29) is 31.2 Å². The van der Waals surface area contributed by atoms with Crippen molar-refractivity contribution < 1.29 is 23.5 Å². The summed E-state index contributed by atoms with van der Waals surface area (Å²) in [7, 11) is 0. The Morgan fingerprint density at radius 1 is 1.10 bits per heavy atom. The van der Waals surface area contributed by atoms with Crippen LogP contribution in [0.25, 0.3) is 11.0 Å². The van der Waals surface area contributed by atoms with Gasteiger partial charge in [-0.05, 0) is 50.1 Å². The van der Waals surface area contributed by atoms with Gasteiger partial charge in [0.15, 0.2) is 12.4 Å². The minimum Gasteiger partial charge on any atom is -0.485 e. The van der Waals surface area contributed by atoms with Crippen LogP contribution in [0.1, 0.15) is 34.8 Å². The maximum atomic E-state index is 12.4. The molecule has 7 heteroatoms. The third kappa shape index (κ3) is 5.16. The summed E-state index contributed by atoms with van der Waals surface area (Å²) < 4.78 is 16.8. The second-order valence-corrected chi connectivity index (χ2v) is 7.59. The highest BCUT2D eigenvalue weighted by Crippen LogP contribution is 2.25. The van der Waals surface area contributed by atoms with Crippen molar-refractivity contribution in [3.8, 4) is 5.75 Å². The Bertz CT molecular complexity index is 1130. The van der Waals surface area contributed by atoms with Crippen molar-refractivity contribution in [1.29, 1.82) is 0 Å². The summed E-state index contributed by atoms with van der Waals surface area (Å²) in [6, 6.07) is 12.1. The van der Waals surface area contributed by atoms with Crippen LogP contribution in [0, 0.1) is 6.92 Å². The quantitative estimate of drug-likeness (QED) is 0.270. The first-order chi connectivity index (χ1) is 14.4. The van der Waals surface area contributed by atoms with Crippen LogP contribution >= 0.6 is 15.9 Å². The van der Waals surface area contributed by atoms with Crippen molar-refractivity contribution in [3.63, 3.8) is 0 Å². The second-order valence-electron chi connectivity index (χ2n) is 6.67. The summed E-state index contributed by atoms with van der Waals surface area (Å²) in [5.41, 5.74) is 1.63. The zero-order chi connectivity index (χ0) is 21.7. The molecule has 0 N–H and O–H groups in total. The third-order valence-electron chi connectivity index (χ3n) is 4.68. The topological polar surface area (TPSA) is 82.8 Å². The fraction of sp³-hybridized carbons (Fsp3) is 0.261. The number of carbonyl (C=O) groups excluding carboxylic acids is 2. The highest BCUT2D eigenvalue weighted by molar-refractivity contribution is 9.10. The van der Waals surface area contributed by atoms with Crippen molar-refractivity contribution in [2.75, 3.05) is 13.2 Å². The van der Waals surface area contributed by atoms with E-state index in [1.807, 2.05) is 6.92 Å². The molecule has 3 rings (SSSR count). The molecule has 2 aromatic carbocycles. The number of ether oxygens (including phenoxy) is 2. The van der Waals surface area contributed by atoms with Crippen LogP contribution in [-0.2, 0) is 16.0 Å².